The number of hydrogen-bond acceptors (Lipinski definition) is 2. The van der Waals surface area contributed by atoms with Crippen LogP contribution in [0.2, 0.25) is 0 Å². The Morgan fingerprint density at radius 3 is 2.78 bits per heavy atom. The van der Waals surface area contributed by atoms with Crippen LogP contribution in [0, 0.1) is 6.92 Å². The molecule has 4 aromatic rings. The van der Waals surface area contributed by atoms with Gasteiger partial charge in [0, 0.05) is 23.3 Å². The van der Waals surface area contributed by atoms with Gasteiger partial charge in [0.05, 0.1) is 0 Å². The third kappa shape index (κ3) is 2.59. The van der Waals surface area contributed by atoms with Crippen molar-refractivity contribution in [2.24, 2.45) is 0 Å². The molecule has 0 spiro atoms. The topological polar surface area (TPSA) is 42.8 Å². The van der Waals surface area contributed by atoms with E-state index in [9.17, 15) is 0 Å². The Morgan fingerprint density at radius 1 is 1.13 bits per heavy atom. The van der Waals surface area contributed by atoms with Gasteiger partial charge < -0.3 is 9.72 Å². The number of hydrogen-bond donors (Lipinski definition) is 1. The van der Waals surface area contributed by atoms with Gasteiger partial charge in [0.1, 0.15) is 24.5 Å². The van der Waals surface area contributed by atoms with Crippen molar-refractivity contribution < 1.29 is 4.74 Å². The molecular formula is C19H17N3O. The second kappa shape index (κ2) is 5.65. The molecule has 0 fully saturated rings. The molecule has 0 saturated carbocycles. The van der Waals surface area contributed by atoms with E-state index in [0.29, 0.717) is 6.61 Å². The minimum atomic E-state index is 0.574. The largest absolute Gasteiger partial charge is 0.489 e. The van der Waals surface area contributed by atoms with Gasteiger partial charge in [-0.1, -0.05) is 30.3 Å². The summed E-state index contributed by atoms with van der Waals surface area (Å²) in [6, 6.07) is 16.3. The van der Waals surface area contributed by atoms with E-state index < -0.39 is 0 Å². The van der Waals surface area contributed by atoms with Crippen molar-refractivity contribution >= 4 is 10.9 Å². The van der Waals surface area contributed by atoms with E-state index in [0.717, 1.165) is 22.6 Å². The van der Waals surface area contributed by atoms with Gasteiger partial charge in [0.25, 0.3) is 0 Å². The first-order valence-electron chi connectivity index (χ1n) is 7.58. The molecule has 0 amide bonds. The number of aromatic amines is 1. The number of rotatable bonds is 4. The Bertz CT molecular complexity index is 924. The smallest absolute Gasteiger partial charge is 0.120 e. The zero-order valence-electron chi connectivity index (χ0n) is 12.9. The van der Waals surface area contributed by atoms with Crippen LogP contribution in [0.25, 0.3) is 16.7 Å². The lowest BCUT2D eigenvalue weighted by Gasteiger charge is -2.06. The lowest BCUT2D eigenvalue weighted by molar-refractivity contribution is 0.306. The predicted octanol–water partition coefficient (Wildman–Crippen LogP) is 4.24. The van der Waals surface area contributed by atoms with Crippen molar-refractivity contribution in [2.75, 3.05) is 0 Å². The highest BCUT2D eigenvalue weighted by atomic mass is 16.5. The van der Waals surface area contributed by atoms with Crippen molar-refractivity contribution in [2.45, 2.75) is 13.5 Å². The molecule has 2 aromatic heterocycles. The highest BCUT2D eigenvalue weighted by molar-refractivity contribution is 5.87. The van der Waals surface area contributed by atoms with E-state index in [-0.39, 0.29) is 0 Å². The average Bonchev–Trinajstić information content (AvgIpc) is 3.22. The first-order valence-corrected chi connectivity index (χ1v) is 7.58. The number of fused-ring (bicyclic) bond motifs is 1. The fraction of sp³-hybridized carbons (Fsp3) is 0.105. The van der Waals surface area contributed by atoms with Crippen molar-refractivity contribution in [3.63, 3.8) is 0 Å². The fourth-order valence-corrected chi connectivity index (χ4v) is 2.77. The van der Waals surface area contributed by atoms with E-state index in [4.69, 9.17) is 4.74 Å². The summed E-state index contributed by atoms with van der Waals surface area (Å²) in [5, 5.41) is 1.17. The number of nitrogens with one attached hydrogen (secondary N) is 1. The molecule has 2 aromatic carbocycles. The summed E-state index contributed by atoms with van der Waals surface area (Å²) in [4.78, 5) is 7.54. The standard InChI is InChI=1S/C19H17N3O/c1-14-17-11-16(23-12-15-5-3-2-4-6-15)7-8-18(17)21-19(14)22-10-9-20-13-22/h2-11,13,21H,12H2,1H3. The molecule has 4 heteroatoms. The lowest BCUT2D eigenvalue weighted by Crippen LogP contribution is -1.94. The van der Waals surface area contributed by atoms with Crippen LogP contribution in [-0.2, 0) is 6.61 Å². The third-order valence-electron chi connectivity index (χ3n) is 4.01. The highest BCUT2D eigenvalue weighted by Crippen LogP contribution is 2.28. The Morgan fingerprint density at radius 2 is 2.00 bits per heavy atom. The summed E-state index contributed by atoms with van der Waals surface area (Å²) in [7, 11) is 0. The number of imidazole rings is 1. The van der Waals surface area contributed by atoms with Gasteiger partial charge >= 0.3 is 0 Å². The minimum absolute atomic E-state index is 0.574. The molecule has 4 rings (SSSR count). The summed E-state index contributed by atoms with van der Waals surface area (Å²) in [6.07, 6.45) is 5.51. The highest BCUT2D eigenvalue weighted by Gasteiger charge is 2.10. The second-order valence-corrected chi connectivity index (χ2v) is 5.55. The average molecular weight is 303 g/mol. The summed E-state index contributed by atoms with van der Waals surface area (Å²) in [5.74, 6) is 1.92. The molecular weight excluding hydrogens is 286 g/mol. The van der Waals surface area contributed by atoms with E-state index in [1.54, 1.807) is 12.5 Å². The minimum Gasteiger partial charge on any atom is -0.489 e. The van der Waals surface area contributed by atoms with E-state index in [1.807, 2.05) is 35.0 Å². The molecule has 114 valence electrons. The zero-order valence-corrected chi connectivity index (χ0v) is 12.9. The molecule has 0 bridgehead atoms. The maximum atomic E-state index is 5.92. The van der Waals surface area contributed by atoms with E-state index in [2.05, 4.69) is 41.2 Å². The van der Waals surface area contributed by atoms with Crippen LogP contribution in [0.3, 0.4) is 0 Å². The molecule has 23 heavy (non-hydrogen) atoms. The first-order chi connectivity index (χ1) is 11.3. The molecule has 0 aliphatic heterocycles. The van der Waals surface area contributed by atoms with Crippen molar-refractivity contribution in [3.05, 3.63) is 78.4 Å². The SMILES string of the molecule is Cc1c(-n2ccnc2)[nH]c2ccc(OCc3ccccc3)cc12. The number of ether oxygens (including phenoxy) is 1. The molecule has 0 unspecified atom stereocenters. The van der Waals surface area contributed by atoms with Gasteiger partial charge in [-0.05, 0) is 36.2 Å². The number of H-pyrrole nitrogens is 1. The number of aryl methyl sites for hydroxylation is 1. The first kappa shape index (κ1) is 13.6. The van der Waals surface area contributed by atoms with Crippen molar-refractivity contribution in [3.8, 4) is 11.6 Å². The number of benzene rings is 2. The molecule has 0 aliphatic carbocycles. The Balaban J connectivity index is 1.64. The zero-order chi connectivity index (χ0) is 15.6. The number of nitrogens with zero attached hydrogens (tertiary/aromatic N) is 2. The second-order valence-electron chi connectivity index (χ2n) is 5.55. The van der Waals surface area contributed by atoms with Gasteiger partial charge in [-0.25, -0.2) is 4.98 Å². The van der Waals surface area contributed by atoms with Crippen molar-refractivity contribution in [1.82, 2.24) is 14.5 Å². The monoisotopic (exact) mass is 303 g/mol. The van der Waals surface area contributed by atoms with Gasteiger partial charge in [-0.2, -0.15) is 0 Å². The number of aromatic nitrogens is 3. The summed E-state index contributed by atoms with van der Waals surface area (Å²) in [5.41, 5.74) is 3.44. The Labute approximate surface area is 134 Å². The molecule has 0 radical (unpaired) electrons. The van der Waals surface area contributed by atoms with Crippen LogP contribution >= 0.6 is 0 Å². The fourth-order valence-electron chi connectivity index (χ4n) is 2.77. The molecule has 0 saturated heterocycles. The maximum absolute atomic E-state index is 5.92. The van der Waals surface area contributed by atoms with Gasteiger partial charge in [0.2, 0.25) is 0 Å². The molecule has 0 atom stereocenters. The van der Waals surface area contributed by atoms with Gasteiger partial charge in [-0.3, -0.25) is 4.57 Å². The molecule has 0 aliphatic rings. The third-order valence-corrected chi connectivity index (χ3v) is 4.01. The van der Waals surface area contributed by atoms with Crippen LogP contribution in [0.4, 0.5) is 0 Å². The maximum Gasteiger partial charge on any atom is 0.120 e. The van der Waals surface area contributed by atoms with E-state index in [1.165, 1.54) is 10.9 Å². The molecule has 2 heterocycles. The van der Waals surface area contributed by atoms with Crippen LogP contribution < -0.4 is 4.74 Å². The Kier molecular flexibility index (Phi) is 3.35. The Hall–Kier alpha value is -3.01. The van der Waals surface area contributed by atoms with Crippen LogP contribution in [0.15, 0.2) is 67.3 Å². The molecule has 4 nitrogen and oxygen atoms in total. The predicted molar refractivity (Wildman–Crippen MR) is 90.9 cm³/mol. The van der Waals surface area contributed by atoms with Crippen LogP contribution in [0.5, 0.6) is 5.75 Å². The van der Waals surface area contributed by atoms with E-state index >= 15 is 0 Å². The quantitative estimate of drug-likeness (QED) is 0.612. The summed E-state index contributed by atoms with van der Waals surface area (Å²) in [6.45, 7) is 2.68. The molecule has 1 N–H and O–H groups in total. The van der Waals surface area contributed by atoms with Crippen LogP contribution in [0.1, 0.15) is 11.1 Å². The normalized spacial score (nSPS) is 11.0. The van der Waals surface area contributed by atoms with Crippen molar-refractivity contribution in [1.29, 1.82) is 0 Å². The summed E-state index contributed by atoms with van der Waals surface area (Å²) >= 11 is 0. The summed E-state index contributed by atoms with van der Waals surface area (Å²) < 4.78 is 7.91. The van der Waals surface area contributed by atoms with Crippen LogP contribution in [-0.4, -0.2) is 14.5 Å². The van der Waals surface area contributed by atoms with Gasteiger partial charge in [-0.15, -0.1) is 0 Å². The lowest BCUT2D eigenvalue weighted by atomic mass is 10.2. The van der Waals surface area contributed by atoms with Gasteiger partial charge in [0.15, 0.2) is 0 Å².